The normalized spacial score (nSPS) is 11.2. The zero-order valence-electron chi connectivity index (χ0n) is 9.66. The molecule has 2 aromatic rings. The van der Waals surface area contributed by atoms with Crippen LogP contribution in [-0.2, 0) is 10.0 Å². The number of hydrogen-bond donors (Lipinski definition) is 2. The van der Waals surface area contributed by atoms with Crippen LogP contribution in [0.4, 0.5) is 11.5 Å². The van der Waals surface area contributed by atoms with Gasteiger partial charge >= 0.3 is 0 Å². The van der Waals surface area contributed by atoms with Crippen LogP contribution in [0.1, 0.15) is 5.56 Å². The van der Waals surface area contributed by atoms with Crippen molar-refractivity contribution in [1.82, 2.24) is 9.97 Å². The number of nitrogens with two attached hydrogens (primary N) is 1. The summed E-state index contributed by atoms with van der Waals surface area (Å²) in [5.74, 6) is 0.157. The van der Waals surface area contributed by atoms with Crippen molar-refractivity contribution in [2.45, 2.75) is 11.8 Å². The number of nitrogens with one attached hydrogen (secondary N) is 1. The maximum atomic E-state index is 12.1. The first-order valence-electron chi connectivity index (χ1n) is 5.14. The number of aryl methyl sites for hydroxylation is 1. The molecule has 0 bridgehead atoms. The molecular formula is C11H12N4O2S. The second-order valence-corrected chi connectivity index (χ2v) is 5.39. The lowest BCUT2D eigenvalue weighted by Crippen LogP contribution is -2.14. The van der Waals surface area contributed by atoms with E-state index in [0.717, 1.165) is 5.56 Å². The van der Waals surface area contributed by atoms with E-state index in [9.17, 15) is 8.42 Å². The van der Waals surface area contributed by atoms with Crippen LogP contribution >= 0.6 is 0 Å². The molecule has 94 valence electrons. The van der Waals surface area contributed by atoms with Gasteiger partial charge in [-0.05, 0) is 24.6 Å². The SMILES string of the molecule is Cc1cnccc1NS(=O)(=O)c1ccnc(N)c1. The van der Waals surface area contributed by atoms with E-state index in [1.54, 1.807) is 19.2 Å². The summed E-state index contributed by atoms with van der Waals surface area (Å²) in [7, 11) is -3.66. The summed E-state index contributed by atoms with van der Waals surface area (Å²) in [6, 6.07) is 4.28. The van der Waals surface area contributed by atoms with E-state index < -0.39 is 10.0 Å². The molecule has 0 fully saturated rings. The Morgan fingerprint density at radius 1 is 1.28 bits per heavy atom. The summed E-state index contributed by atoms with van der Waals surface area (Å²) in [5, 5.41) is 0. The molecule has 0 aromatic carbocycles. The minimum atomic E-state index is -3.66. The fraction of sp³-hybridized carbons (Fsp3) is 0.0909. The van der Waals surface area contributed by atoms with Gasteiger partial charge < -0.3 is 5.73 Å². The molecule has 3 N–H and O–H groups in total. The number of hydrogen-bond acceptors (Lipinski definition) is 5. The Kier molecular flexibility index (Phi) is 3.15. The lowest BCUT2D eigenvalue weighted by Gasteiger charge is -2.09. The maximum Gasteiger partial charge on any atom is 0.262 e. The van der Waals surface area contributed by atoms with Gasteiger partial charge in [-0.25, -0.2) is 13.4 Å². The van der Waals surface area contributed by atoms with Crippen LogP contribution in [-0.4, -0.2) is 18.4 Å². The zero-order chi connectivity index (χ0) is 13.2. The van der Waals surface area contributed by atoms with E-state index in [1.165, 1.54) is 24.5 Å². The molecule has 2 aromatic heterocycles. The number of anilines is 2. The number of rotatable bonds is 3. The molecule has 0 aliphatic carbocycles. The molecule has 0 aliphatic heterocycles. The third-order valence-electron chi connectivity index (χ3n) is 2.33. The van der Waals surface area contributed by atoms with E-state index >= 15 is 0 Å². The van der Waals surface area contributed by atoms with Crippen LogP contribution < -0.4 is 10.5 Å². The van der Waals surface area contributed by atoms with Crippen molar-refractivity contribution >= 4 is 21.5 Å². The van der Waals surface area contributed by atoms with Crippen molar-refractivity contribution < 1.29 is 8.42 Å². The highest BCUT2D eigenvalue weighted by atomic mass is 32.2. The van der Waals surface area contributed by atoms with Crippen LogP contribution in [0.15, 0.2) is 41.7 Å². The molecule has 7 heteroatoms. The first kappa shape index (κ1) is 12.3. The van der Waals surface area contributed by atoms with Crippen LogP contribution in [0.2, 0.25) is 0 Å². The second kappa shape index (κ2) is 4.61. The van der Waals surface area contributed by atoms with Gasteiger partial charge in [0.25, 0.3) is 10.0 Å². The van der Waals surface area contributed by atoms with Crippen molar-refractivity contribution in [2.24, 2.45) is 0 Å². The molecule has 0 aliphatic rings. The Bertz CT molecular complexity index is 670. The molecule has 0 spiro atoms. The van der Waals surface area contributed by atoms with Crippen molar-refractivity contribution in [2.75, 3.05) is 10.5 Å². The van der Waals surface area contributed by atoms with Crippen molar-refractivity contribution in [3.8, 4) is 0 Å². The predicted octanol–water partition coefficient (Wildman–Crippen LogP) is 1.17. The van der Waals surface area contributed by atoms with Gasteiger partial charge in [0, 0.05) is 24.7 Å². The molecule has 0 atom stereocenters. The molecule has 2 rings (SSSR count). The summed E-state index contributed by atoms with van der Waals surface area (Å²) >= 11 is 0. The summed E-state index contributed by atoms with van der Waals surface area (Å²) in [5.41, 5.74) is 6.69. The van der Waals surface area contributed by atoms with E-state index in [2.05, 4.69) is 14.7 Å². The van der Waals surface area contributed by atoms with Gasteiger partial charge in [-0.1, -0.05) is 0 Å². The van der Waals surface area contributed by atoms with Crippen LogP contribution in [0, 0.1) is 6.92 Å². The molecule has 0 saturated carbocycles. The van der Waals surface area contributed by atoms with Gasteiger partial charge in [-0.2, -0.15) is 0 Å². The minimum absolute atomic E-state index is 0.0752. The minimum Gasteiger partial charge on any atom is -0.384 e. The van der Waals surface area contributed by atoms with E-state index in [0.29, 0.717) is 5.69 Å². The Morgan fingerprint density at radius 3 is 2.72 bits per heavy atom. The molecule has 18 heavy (non-hydrogen) atoms. The third-order valence-corrected chi connectivity index (χ3v) is 3.69. The van der Waals surface area contributed by atoms with Crippen molar-refractivity contribution in [3.05, 3.63) is 42.4 Å². The number of sulfonamides is 1. The monoisotopic (exact) mass is 264 g/mol. The topological polar surface area (TPSA) is 98.0 Å². The second-order valence-electron chi connectivity index (χ2n) is 3.71. The van der Waals surface area contributed by atoms with E-state index in [4.69, 9.17) is 5.73 Å². The lowest BCUT2D eigenvalue weighted by atomic mass is 10.3. The summed E-state index contributed by atoms with van der Waals surface area (Å²) in [4.78, 5) is 7.73. The van der Waals surface area contributed by atoms with Gasteiger partial charge in [0.2, 0.25) is 0 Å². The predicted molar refractivity (Wildman–Crippen MR) is 68.4 cm³/mol. The smallest absolute Gasteiger partial charge is 0.262 e. The number of aromatic nitrogens is 2. The Hall–Kier alpha value is -2.15. The highest BCUT2D eigenvalue weighted by Crippen LogP contribution is 2.18. The molecule has 0 unspecified atom stereocenters. The fourth-order valence-corrected chi connectivity index (χ4v) is 2.54. The number of pyridine rings is 2. The van der Waals surface area contributed by atoms with Crippen molar-refractivity contribution in [1.29, 1.82) is 0 Å². The van der Waals surface area contributed by atoms with Gasteiger partial charge in [-0.3, -0.25) is 9.71 Å². The maximum absolute atomic E-state index is 12.1. The molecular weight excluding hydrogens is 252 g/mol. The molecule has 2 heterocycles. The van der Waals surface area contributed by atoms with Gasteiger partial charge in [0.1, 0.15) is 5.82 Å². The van der Waals surface area contributed by atoms with Crippen molar-refractivity contribution in [3.63, 3.8) is 0 Å². The summed E-state index contributed by atoms with van der Waals surface area (Å²) < 4.78 is 26.7. The standard InChI is InChI=1S/C11H12N4O2S/c1-8-7-13-4-3-10(8)15-18(16,17)9-2-5-14-11(12)6-9/h2-7H,1H3,(H2,12,14)(H,13,15). The third kappa shape index (κ3) is 2.57. The molecule has 0 saturated heterocycles. The highest BCUT2D eigenvalue weighted by molar-refractivity contribution is 7.92. The molecule has 0 amide bonds. The average molecular weight is 264 g/mol. The van der Waals surface area contributed by atoms with E-state index in [-0.39, 0.29) is 10.7 Å². The van der Waals surface area contributed by atoms with E-state index in [1.807, 2.05) is 0 Å². The summed E-state index contributed by atoms with van der Waals surface area (Å²) in [6.45, 7) is 1.77. The fourth-order valence-electron chi connectivity index (χ4n) is 1.39. The quantitative estimate of drug-likeness (QED) is 0.867. The highest BCUT2D eigenvalue weighted by Gasteiger charge is 2.15. The Morgan fingerprint density at radius 2 is 2.06 bits per heavy atom. The Balaban J connectivity index is 2.37. The lowest BCUT2D eigenvalue weighted by molar-refractivity contribution is 0.601. The van der Waals surface area contributed by atoms with Crippen LogP contribution in [0.25, 0.3) is 0 Å². The first-order chi connectivity index (χ1) is 8.49. The average Bonchev–Trinajstić information content (AvgIpc) is 2.32. The molecule has 6 nitrogen and oxygen atoms in total. The molecule has 0 radical (unpaired) electrons. The Labute approximate surface area is 105 Å². The van der Waals surface area contributed by atoms with Crippen LogP contribution in [0.3, 0.4) is 0 Å². The van der Waals surface area contributed by atoms with Gasteiger partial charge in [0.05, 0.1) is 10.6 Å². The van der Waals surface area contributed by atoms with Gasteiger partial charge in [-0.15, -0.1) is 0 Å². The first-order valence-corrected chi connectivity index (χ1v) is 6.62. The number of nitrogen functional groups attached to an aromatic ring is 1. The van der Waals surface area contributed by atoms with Gasteiger partial charge in [0.15, 0.2) is 0 Å². The van der Waals surface area contributed by atoms with Crippen LogP contribution in [0.5, 0.6) is 0 Å². The number of nitrogens with zero attached hydrogens (tertiary/aromatic N) is 2. The largest absolute Gasteiger partial charge is 0.384 e. The summed E-state index contributed by atoms with van der Waals surface area (Å²) in [6.07, 6.45) is 4.45. The zero-order valence-corrected chi connectivity index (χ0v) is 10.5.